The summed E-state index contributed by atoms with van der Waals surface area (Å²) in [5.74, 6) is -2.72. The molecule has 1 aliphatic rings. The second-order valence-electron chi connectivity index (χ2n) is 6.53. The molecule has 0 unspecified atom stereocenters. The molecule has 0 radical (unpaired) electrons. The number of rotatable bonds is 3. The summed E-state index contributed by atoms with van der Waals surface area (Å²) in [5, 5.41) is 12.1. The molecule has 1 fully saturated rings. The Morgan fingerprint density at radius 3 is 2.61 bits per heavy atom. The van der Waals surface area contributed by atoms with Gasteiger partial charge in [-0.15, -0.1) is 0 Å². The highest BCUT2D eigenvalue weighted by Crippen LogP contribution is 2.31. The van der Waals surface area contributed by atoms with Gasteiger partial charge in [0.2, 0.25) is 16.0 Å². The summed E-state index contributed by atoms with van der Waals surface area (Å²) in [6.07, 6.45) is -4.23. The number of pyridine rings is 1. The molecule has 1 atom stereocenters. The predicted octanol–water partition coefficient (Wildman–Crippen LogP) is 2.99. The molecule has 0 aliphatic carbocycles. The van der Waals surface area contributed by atoms with Crippen LogP contribution in [0.4, 0.5) is 23.2 Å². The molecular formula is C17H14ClF4N5O3S. The van der Waals surface area contributed by atoms with E-state index in [4.69, 9.17) is 17.0 Å². The maximum Gasteiger partial charge on any atom is 0.417 e. The molecule has 3 N–H and O–H groups in total. The molecule has 0 bridgehead atoms. The van der Waals surface area contributed by atoms with E-state index in [0.717, 1.165) is 12.1 Å². The molecule has 1 aliphatic heterocycles. The van der Waals surface area contributed by atoms with E-state index in [-0.39, 0.29) is 11.3 Å². The van der Waals surface area contributed by atoms with Crippen molar-refractivity contribution in [2.24, 2.45) is 0 Å². The van der Waals surface area contributed by atoms with Crippen LogP contribution in [-0.2, 0) is 16.2 Å². The highest BCUT2D eigenvalue weighted by molar-refractivity contribution is 7.89. The van der Waals surface area contributed by atoms with Crippen LogP contribution in [0.5, 0.6) is 0 Å². The lowest BCUT2D eigenvalue weighted by Crippen LogP contribution is -2.52. The van der Waals surface area contributed by atoms with Crippen molar-refractivity contribution in [2.75, 3.05) is 18.1 Å². The molecule has 3 rings (SSSR count). The number of sulfonamides is 1. The third kappa shape index (κ3) is 4.71. The average Bonchev–Trinajstić information content (AvgIpc) is 2.66. The fourth-order valence-electron chi connectivity index (χ4n) is 2.77. The molecule has 1 saturated heterocycles. The minimum atomic E-state index is -4.69. The third-order valence-corrected chi connectivity index (χ3v) is 6.49. The summed E-state index contributed by atoms with van der Waals surface area (Å²) >= 11 is 5.75. The number of benzene rings is 1. The minimum absolute atomic E-state index is 0.0174. The van der Waals surface area contributed by atoms with E-state index in [1.807, 2.05) is 0 Å². The highest BCUT2D eigenvalue weighted by atomic mass is 35.5. The Balaban J connectivity index is 1.86. The van der Waals surface area contributed by atoms with Gasteiger partial charge in [-0.3, -0.25) is 10.2 Å². The SMILES string of the molecule is CN1C(=N)N[C@H](c2cc(NC(=O)c3ncc(C(F)(F)F)cc3Cl)ccc2F)CS1(=O)=O. The first kappa shape index (κ1) is 22.7. The molecule has 31 heavy (non-hydrogen) atoms. The molecule has 1 aromatic heterocycles. The number of amides is 1. The Morgan fingerprint density at radius 2 is 2.03 bits per heavy atom. The van der Waals surface area contributed by atoms with Crippen LogP contribution in [0.25, 0.3) is 0 Å². The summed E-state index contributed by atoms with van der Waals surface area (Å²) in [4.78, 5) is 15.8. The van der Waals surface area contributed by atoms with Gasteiger partial charge in [-0.1, -0.05) is 11.6 Å². The van der Waals surface area contributed by atoms with E-state index < -0.39 is 62.0 Å². The fraction of sp³-hybridized carbons (Fsp3) is 0.235. The lowest BCUT2D eigenvalue weighted by atomic mass is 10.1. The fourth-order valence-corrected chi connectivity index (χ4v) is 4.26. The monoisotopic (exact) mass is 479 g/mol. The van der Waals surface area contributed by atoms with Gasteiger partial charge in [-0.05, 0) is 24.3 Å². The number of carbonyl (C=O) groups is 1. The number of nitrogens with zero attached hydrogens (tertiary/aromatic N) is 2. The van der Waals surface area contributed by atoms with E-state index in [9.17, 15) is 30.8 Å². The van der Waals surface area contributed by atoms with Gasteiger partial charge in [-0.2, -0.15) is 13.2 Å². The molecule has 0 saturated carbocycles. The van der Waals surface area contributed by atoms with Crippen molar-refractivity contribution >= 4 is 39.2 Å². The van der Waals surface area contributed by atoms with Gasteiger partial charge in [0.05, 0.1) is 22.4 Å². The van der Waals surface area contributed by atoms with E-state index in [1.165, 1.54) is 13.1 Å². The molecule has 1 amide bonds. The van der Waals surface area contributed by atoms with Crippen molar-refractivity contribution in [1.29, 1.82) is 5.41 Å². The zero-order chi connectivity index (χ0) is 23.1. The Bertz CT molecular complexity index is 1170. The van der Waals surface area contributed by atoms with Gasteiger partial charge in [-0.25, -0.2) is 22.1 Å². The van der Waals surface area contributed by atoms with Crippen LogP contribution < -0.4 is 10.6 Å². The summed E-state index contributed by atoms with van der Waals surface area (Å²) in [5.41, 5.74) is -1.73. The number of alkyl halides is 3. The molecule has 2 heterocycles. The number of guanidine groups is 1. The number of nitrogens with one attached hydrogen (secondary N) is 3. The molecule has 0 spiro atoms. The number of hydrogen-bond acceptors (Lipinski definition) is 5. The molecule has 166 valence electrons. The first-order valence-corrected chi connectivity index (χ1v) is 10.4. The van der Waals surface area contributed by atoms with Crippen molar-refractivity contribution in [2.45, 2.75) is 12.2 Å². The van der Waals surface area contributed by atoms with E-state index >= 15 is 0 Å². The quantitative estimate of drug-likeness (QED) is 0.585. The van der Waals surface area contributed by atoms with Gasteiger partial charge in [0.25, 0.3) is 5.91 Å². The number of aromatic nitrogens is 1. The summed E-state index contributed by atoms with van der Waals surface area (Å²) in [7, 11) is -2.68. The summed E-state index contributed by atoms with van der Waals surface area (Å²) < 4.78 is 77.4. The van der Waals surface area contributed by atoms with Crippen LogP contribution >= 0.6 is 11.6 Å². The first-order chi connectivity index (χ1) is 14.3. The first-order valence-electron chi connectivity index (χ1n) is 8.45. The normalized spacial score (nSPS) is 18.5. The number of halogens is 5. The smallest absolute Gasteiger partial charge is 0.348 e. The second kappa shape index (κ2) is 7.96. The third-order valence-electron chi connectivity index (χ3n) is 4.43. The van der Waals surface area contributed by atoms with Crippen LogP contribution in [0.2, 0.25) is 5.02 Å². The Hall–Kier alpha value is -2.93. The molecule has 14 heteroatoms. The number of hydrogen-bond donors (Lipinski definition) is 3. The summed E-state index contributed by atoms with van der Waals surface area (Å²) in [6, 6.07) is 2.75. The molecule has 8 nitrogen and oxygen atoms in total. The molecule has 1 aromatic carbocycles. The van der Waals surface area contributed by atoms with Crippen molar-refractivity contribution in [3.8, 4) is 0 Å². The van der Waals surface area contributed by atoms with E-state index in [1.54, 1.807) is 0 Å². The van der Waals surface area contributed by atoms with Crippen molar-refractivity contribution in [3.05, 3.63) is 58.1 Å². The highest BCUT2D eigenvalue weighted by Gasteiger charge is 2.35. The Kier molecular flexibility index (Phi) is 5.84. The van der Waals surface area contributed by atoms with Crippen LogP contribution in [-0.4, -0.2) is 42.4 Å². The van der Waals surface area contributed by atoms with Crippen molar-refractivity contribution < 1.29 is 30.8 Å². The van der Waals surface area contributed by atoms with Crippen molar-refractivity contribution in [1.82, 2.24) is 14.6 Å². The number of anilines is 1. The zero-order valence-corrected chi connectivity index (χ0v) is 17.2. The largest absolute Gasteiger partial charge is 0.417 e. The standard InChI is InChI=1S/C17H14ClF4N5O3S/c1-27-16(23)26-13(7-31(27,29)30)10-5-9(2-3-12(10)19)25-15(28)14-11(18)4-8(6-24-14)17(20,21)22/h2-6,13H,7H2,1H3,(H2,23,26)(H,25,28)/t13-/m0/s1. The zero-order valence-electron chi connectivity index (χ0n) is 15.6. The number of carbonyl (C=O) groups excluding carboxylic acids is 1. The maximum atomic E-state index is 14.3. The lowest BCUT2D eigenvalue weighted by Gasteiger charge is -2.32. The van der Waals surface area contributed by atoms with E-state index in [2.05, 4.69) is 15.6 Å². The van der Waals surface area contributed by atoms with Crippen LogP contribution in [0.3, 0.4) is 0 Å². The van der Waals surface area contributed by atoms with Gasteiger partial charge < -0.3 is 10.6 Å². The van der Waals surface area contributed by atoms with Gasteiger partial charge in [0.15, 0.2) is 0 Å². The Labute approximate surface area is 178 Å². The average molecular weight is 480 g/mol. The van der Waals surface area contributed by atoms with Gasteiger partial charge >= 0.3 is 6.18 Å². The van der Waals surface area contributed by atoms with Crippen LogP contribution in [0.15, 0.2) is 30.5 Å². The molecule has 2 aromatic rings. The Morgan fingerprint density at radius 1 is 1.35 bits per heavy atom. The predicted molar refractivity (Wildman–Crippen MR) is 104 cm³/mol. The molecular weight excluding hydrogens is 466 g/mol. The van der Waals surface area contributed by atoms with E-state index in [0.29, 0.717) is 16.6 Å². The minimum Gasteiger partial charge on any atom is -0.348 e. The van der Waals surface area contributed by atoms with Crippen molar-refractivity contribution in [3.63, 3.8) is 0 Å². The lowest BCUT2D eigenvalue weighted by molar-refractivity contribution is -0.137. The maximum absolute atomic E-state index is 14.3. The van der Waals surface area contributed by atoms with Crippen LogP contribution in [0.1, 0.15) is 27.7 Å². The van der Waals surface area contributed by atoms with Crippen LogP contribution in [0, 0.1) is 11.2 Å². The van der Waals surface area contributed by atoms with Gasteiger partial charge in [0, 0.05) is 24.5 Å². The second-order valence-corrected chi connectivity index (χ2v) is 8.99. The van der Waals surface area contributed by atoms with Gasteiger partial charge in [0.1, 0.15) is 11.5 Å². The topological polar surface area (TPSA) is 115 Å². The summed E-state index contributed by atoms with van der Waals surface area (Å²) in [6.45, 7) is 0.